The fraction of sp³-hybridized carbons (Fsp3) is 0.190. The van der Waals surface area contributed by atoms with E-state index in [0.29, 0.717) is 17.9 Å². The maximum absolute atomic E-state index is 12.0. The number of aromatic nitrogens is 1. The highest BCUT2D eigenvalue weighted by molar-refractivity contribution is 6.07. The molecule has 130 valence electrons. The number of benzene rings is 2. The molecular formula is C21H19N3O2. The highest BCUT2D eigenvalue weighted by atomic mass is 16.3. The zero-order chi connectivity index (χ0) is 18.1. The van der Waals surface area contributed by atoms with Crippen LogP contribution in [0.1, 0.15) is 18.9 Å². The first-order valence-corrected chi connectivity index (χ1v) is 8.62. The van der Waals surface area contributed by atoms with E-state index in [1.54, 1.807) is 6.08 Å². The molecule has 0 saturated heterocycles. The minimum atomic E-state index is -0.162. The van der Waals surface area contributed by atoms with Gasteiger partial charge in [0.25, 0.3) is 0 Å². The van der Waals surface area contributed by atoms with Crippen LogP contribution in [-0.2, 0) is 4.79 Å². The molecule has 2 aromatic carbocycles. The molecule has 0 aliphatic carbocycles. The van der Waals surface area contributed by atoms with Gasteiger partial charge in [0, 0.05) is 17.0 Å². The number of allylic oxidation sites excluding steroid dienone is 1. The Balaban J connectivity index is 1.71. The van der Waals surface area contributed by atoms with Gasteiger partial charge in [0.1, 0.15) is 5.52 Å². The van der Waals surface area contributed by atoms with Gasteiger partial charge in [0.2, 0.25) is 11.8 Å². The third-order valence-electron chi connectivity index (χ3n) is 4.78. The van der Waals surface area contributed by atoms with Crippen molar-refractivity contribution in [3.05, 3.63) is 66.7 Å². The minimum Gasteiger partial charge on any atom is -0.436 e. The highest BCUT2D eigenvalue weighted by Crippen LogP contribution is 2.29. The smallest absolute Gasteiger partial charge is 0.244 e. The molecule has 0 fully saturated rings. The van der Waals surface area contributed by atoms with Crippen LogP contribution in [0.4, 0.5) is 0 Å². The van der Waals surface area contributed by atoms with E-state index in [9.17, 15) is 4.79 Å². The second-order valence-electron chi connectivity index (χ2n) is 6.46. The van der Waals surface area contributed by atoms with Gasteiger partial charge in [-0.1, -0.05) is 37.3 Å². The maximum Gasteiger partial charge on any atom is 0.244 e. The third-order valence-corrected chi connectivity index (χ3v) is 4.78. The molecule has 2 atom stereocenters. The van der Waals surface area contributed by atoms with Crippen LogP contribution in [0.15, 0.2) is 70.7 Å². The van der Waals surface area contributed by atoms with Gasteiger partial charge in [0.05, 0.1) is 11.6 Å². The normalized spacial score (nSPS) is 19.9. The first-order valence-electron chi connectivity index (χ1n) is 8.62. The second-order valence-corrected chi connectivity index (χ2v) is 6.46. The second kappa shape index (κ2) is 6.59. The van der Waals surface area contributed by atoms with Crippen molar-refractivity contribution in [2.45, 2.75) is 13.3 Å². The predicted molar refractivity (Wildman–Crippen MR) is 102 cm³/mol. The van der Waals surface area contributed by atoms with E-state index in [2.05, 4.69) is 22.1 Å². The van der Waals surface area contributed by atoms with Crippen molar-refractivity contribution in [3.63, 3.8) is 0 Å². The van der Waals surface area contributed by atoms with Crippen molar-refractivity contribution in [1.82, 2.24) is 10.4 Å². The van der Waals surface area contributed by atoms with Crippen molar-refractivity contribution in [2.24, 2.45) is 16.9 Å². The molecule has 5 heteroatoms. The van der Waals surface area contributed by atoms with Crippen LogP contribution in [0.5, 0.6) is 0 Å². The average molecular weight is 345 g/mol. The van der Waals surface area contributed by atoms with E-state index in [1.807, 2.05) is 55.5 Å². The summed E-state index contributed by atoms with van der Waals surface area (Å²) >= 11 is 0. The monoisotopic (exact) mass is 345 g/mol. The molecule has 1 aliphatic rings. The lowest BCUT2D eigenvalue weighted by Gasteiger charge is -2.27. The Kier molecular flexibility index (Phi) is 4.13. The van der Waals surface area contributed by atoms with Crippen LogP contribution in [-0.4, -0.2) is 16.6 Å². The van der Waals surface area contributed by atoms with E-state index < -0.39 is 0 Å². The topological polar surface area (TPSA) is 67.5 Å². The summed E-state index contributed by atoms with van der Waals surface area (Å²) < 4.78 is 5.95. The predicted octanol–water partition coefficient (Wildman–Crippen LogP) is 4.16. The number of hydrazone groups is 1. The molecule has 1 amide bonds. The Hall–Kier alpha value is -3.21. The van der Waals surface area contributed by atoms with Crippen LogP contribution in [0.25, 0.3) is 22.6 Å². The number of amides is 1. The molecule has 1 N–H and O–H groups in total. The molecule has 3 aromatic rings. The van der Waals surface area contributed by atoms with Crippen molar-refractivity contribution < 1.29 is 9.21 Å². The maximum atomic E-state index is 12.0. The molecule has 1 aromatic heterocycles. The summed E-state index contributed by atoms with van der Waals surface area (Å²) in [6, 6.07) is 15.6. The minimum absolute atomic E-state index is 0.00397. The van der Waals surface area contributed by atoms with Crippen LogP contribution >= 0.6 is 0 Å². The van der Waals surface area contributed by atoms with Gasteiger partial charge in [0.15, 0.2) is 5.58 Å². The standard InChI is InChI=1S/C21H19N3O2/c1-3-7-16-13(2)19(23-24-20(16)25)15-10-11-17-18(12-15)26-21(22-17)14-8-5-4-6-9-14/h3-6,8-13,16H,1,7H2,2H3,(H,24,25)/t13-,16+/m0/s1. The van der Waals surface area contributed by atoms with Crippen LogP contribution in [0.2, 0.25) is 0 Å². The van der Waals surface area contributed by atoms with E-state index in [1.165, 1.54) is 0 Å². The SMILES string of the molecule is C=CC[C@H]1C(=O)NN=C(c2ccc3nc(-c4ccccc4)oc3c2)[C@H]1C. The fourth-order valence-corrected chi connectivity index (χ4v) is 3.32. The molecule has 2 heterocycles. The van der Waals surface area contributed by atoms with Crippen LogP contribution in [0, 0.1) is 11.8 Å². The van der Waals surface area contributed by atoms with Gasteiger partial charge in [-0.25, -0.2) is 10.4 Å². The zero-order valence-corrected chi connectivity index (χ0v) is 14.5. The number of nitrogens with zero attached hydrogens (tertiary/aromatic N) is 2. The van der Waals surface area contributed by atoms with Gasteiger partial charge in [-0.15, -0.1) is 6.58 Å². The summed E-state index contributed by atoms with van der Waals surface area (Å²) in [5, 5.41) is 4.29. The quantitative estimate of drug-likeness (QED) is 0.722. The lowest BCUT2D eigenvalue weighted by Crippen LogP contribution is -2.40. The third kappa shape index (κ3) is 2.81. The number of rotatable bonds is 4. The molecule has 0 radical (unpaired) electrons. The van der Waals surface area contributed by atoms with Crippen molar-refractivity contribution in [2.75, 3.05) is 0 Å². The molecule has 0 saturated carbocycles. The van der Waals surface area contributed by atoms with Gasteiger partial charge in [-0.3, -0.25) is 4.79 Å². The summed E-state index contributed by atoms with van der Waals surface area (Å²) in [6.07, 6.45) is 2.39. The number of nitrogens with one attached hydrogen (secondary N) is 1. The molecule has 0 unspecified atom stereocenters. The van der Waals surface area contributed by atoms with Crippen molar-refractivity contribution >= 4 is 22.7 Å². The van der Waals surface area contributed by atoms with Crippen LogP contribution in [0.3, 0.4) is 0 Å². The van der Waals surface area contributed by atoms with Crippen molar-refractivity contribution in [1.29, 1.82) is 0 Å². The molecule has 4 rings (SSSR count). The summed E-state index contributed by atoms with van der Waals surface area (Å²) in [5.41, 5.74) is 6.83. The van der Waals surface area contributed by atoms with E-state index in [4.69, 9.17) is 4.42 Å². The van der Waals surface area contributed by atoms with E-state index in [0.717, 1.165) is 22.4 Å². The number of carbonyl (C=O) groups is 1. The molecule has 0 bridgehead atoms. The van der Waals surface area contributed by atoms with Gasteiger partial charge >= 0.3 is 0 Å². The van der Waals surface area contributed by atoms with Crippen molar-refractivity contribution in [3.8, 4) is 11.5 Å². The Morgan fingerprint density at radius 2 is 2.00 bits per heavy atom. The fourth-order valence-electron chi connectivity index (χ4n) is 3.32. The Morgan fingerprint density at radius 3 is 2.77 bits per heavy atom. The Morgan fingerprint density at radius 1 is 1.19 bits per heavy atom. The number of oxazole rings is 1. The number of carbonyl (C=O) groups excluding carboxylic acids is 1. The largest absolute Gasteiger partial charge is 0.436 e. The van der Waals surface area contributed by atoms with E-state index in [-0.39, 0.29) is 17.7 Å². The van der Waals surface area contributed by atoms with Gasteiger partial charge < -0.3 is 4.42 Å². The number of hydrogen-bond donors (Lipinski definition) is 1. The first kappa shape index (κ1) is 16.3. The summed E-state index contributed by atoms with van der Waals surface area (Å²) in [4.78, 5) is 16.6. The van der Waals surface area contributed by atoms with E-state index >= 15 is 0 Å². The molecule has 0 spiro atoms. The molecule has 26 heavy (non-hydrogen) atoms. The van der Waals surface area contributed by atoms with Gasteiger partial charge in [-0.05, 0) is 30.7 Å². The lowest BCUT2D eigenvalue weighted by atomic mass is 9.83. The average Bonchev–Trinajstić information content (AvgIpc) is 3.09. The highest BCUT2D eigenvalue weighted by Gasteiger charge is 2.32. The summed E-state index contributed by atoms with van der Waals surface area (Å²) in [5.74, 6) is 0.364. The van der Waals surface area contributed by atoms with Gasteiger partial charge in [-0.2, -0.15) is 5.10 Å². The summed E-state index contributed by atoms with van der Waals surface area (Å²) in [6.45, 7) is 5.77. The first-order chi connectivity index (χ1) is 12.7. The molecule has 5 nitrogen and oxygen atoms in total. The Labute approximate surface area is 151 Å². The zero-order valence-electron chi connectivity index (χ0n) is 14.5. The molecular weight excluding hydrogens is 326 g/mol. The molecule has 1 aliphatic heterocycles. The van der Waals surface area contributed by atoms with Crippen LogP contribution < -0.4 is 5.43 Å². The number of hydrogen-bond acceptors (Lipinski definition) is 4. The lowest BCUT2D eigenvalue weighted by molar-refractivity contribution is -0.126. The summed E-state index contributed by atoms with van der Waals surface area (Å²) in [7, 11) is 0. The Bertz CT molecular complexity index is 1000. The number of fused-ring (bicyclic) bond motifs is 1.